The zero-order valence-corrected chi connectivity index (χ0v) is 19.5. The Morgan fingerprint density at radius 2 is 1.91 bits per heavy atom. The van der Waals surface area contributed by atoms with Gasteiger partial charge in [0.05, 0.1) is 42.4 Å². The molecule has 0 radical (unpaired) electrons. The maximum Gasteiger partial charge on any atom is 0.308 e. The minimum Gasteiger partial charge on any atom is -0.489 e. The van der Waals surface area contributed by atoms with Crippen LogP contribution in [-0.4, -0.2) is 58.9 Å². The molecule has 5 rings (SSSR count). The molecule has 1 saturated heterocycles. The molecule has 0 atom stereocenters. The maximum absolute atomic E-state index is 12.5. The summed E-state index contributed by atoms with van der Waals surface area (Å²) < 4.78 is 13.8. The third-order valence-electron chi connectivity index (χ3n) is 5.56. The smallest absolute Gasteiger partial charge is 0.308 e. The topological polar surface area (TPSA) is 69.5 Å². The van der Waals surface area contributed by atoms with Crippen LogP contribution in [0.1, 0.15) is 5.56 Å². The predicted molar refractivity (Wildman–Crippen MR) is 130 cm³/mol. The van der Waals surface area contributed by atoms with Crippen LogP contribution in [0, 0.1) is 0 Å². The van der Waals surface area contributed by atoms with E-state index < -0.39 is 0 Å². The van der Waals surface area contributed by atoms with Crippen LogP contribution in [0.2, 0.25) is 5.02 Å². The summed E-state index contributed by atoms with van der Waals surface area (Å²) in [5.74, 6) is 1.26. The standard InChI is InChI=1S/C24H23ClN4O3S/c25-19-4-5-22-21(13-19)29(24(30)33-22)16-17-2-1-3-18(12-17)23-26-14-20(15-27-23)32-11-8-28-6-9-31-10-7-28/h1-5,12-15H,6-11,16H2. The van der Waals surface area contributed by atoms with Gasteiger partial charge >= 0.3 is 4.87 Å². The summed E-state index contributed by atoms with van der Waals surface area (Å²) in [4.78, 5) is 23.8. The van der Waals surface area contributed by atoms with E-state index in [-0.39, 0.29) is 4.87 Å². The van der Waals surface area contributed by atoms with Gasteiger partial charge in [-0.05, 0) is 29.8 Å². The number of benzene rings is 2. The Bertz CT molecular complexity index is 1300. The normalized spacial score (nSPS) is 14.6. The van der Waals surface area contributed by atoms with Crippen molar-refractivity contribution in [1.29, 1.82) is 0 Å². The Labute approximate surface area is 200 Å². The predicted octanol–water partition coefficient (Wildman–Crippen LogP) is 3.93. The highest BCUT2D eigenvalue weighted by molar-refractivity contribution is 7.16. The molecule has 0 bridgehead atoms. The van der Waals surface area contributed by atoms with Crippen molar-refractivity contribution in [2.24, 2.45) is 0 Å². The van der Waals surface area contributed by atoms with E-state index in [1.807, 2.05) is 36.4 Å². The molecule has 0 amide bonds. The Hall–Kier alpha value is -2.78. The van der Waals surface area contributed by atoms with Crippen molar-refractivity contribution in [1.82, 2.24) is 19.4 Å². The Kier molecular flexibility index (Phi) is 6.68. The number of thiazole rings is 1. The average molecular weight is 483 g/mol. The zero-order chi connectivity index (χ0) is 22.6. The van der Waals surface area contributed by atoms with Gasteiger partial charge in [-0.2, -0.15) is 0 Å². The van der Waals surface area contributed by atoms with Crippen molar-refractivity contribution in [3.63, 3.8) is 0 Å². The van der Waals surface area contributed by atoms with Gasteiger partial charge in [-0.3, -0.25) is 14.3 Å². The van der Waals surface area contributed by atoms with Crippen molar-refractivity contribution in [3.05, 3.63) is 75.1 Å². The van der Waals surface area contributed by atoms with Crippen molar-refractivity contribution in [2.75, 3.05) is 39.5 Å². The molecule has 2 aromatic carbocycles. The first kappa shape index (κ1) is 22.0. The van der Waals surface area contributed by atoms with Crippen molar-refractivity contribution in [2.45, 2.75) is 6.54 Å². The fourth-order valence-electron chi connectivity index (χ4n) is 3.83. The van der Waals surface area contributed by atoms with Crippen LogP contribution in [0.4, 0.5) is 0 Å². The number of ether oxygens (including phenoxy) is 2. The SMILES string of the molecule is O=c1sc2ccc(Cl)cc2n1Cc1cccc(-c2ncc(OCCN3CCOCC3)cn2)c1. The lowest BCUT2D eigenvalue weighted by atomic mass is 10.1. The Morgan fingerprint density at radius 3 is 2.73 bits per heavy atom. The number of aromatic nitrogens is 3. The summed E-state index contributed by atoms with van der Waals surface area (Å²) >= 11 is 7.37. The molecule has 1 fully saturated rings. The van der Waals surface area contributed by atoms with Gasteiger partial charge in [0.1, 0.15) is 6.61 Å². The number of halogens is 1. The molecule has 0 saturated carbocycles. The van der Waals surface area contributed by atoms with Crippen molar-refractivity contribution in [3.8, 4) is 17.1 Å². The number of morpholine rings is 1. The molecule has 0 N–H and O–H groups in total. The molecule has 0 aliphatic carbocycles. The molecule has 0 unspecified atom stereocenters. The molecule has 170 valence electrons. The van der Waals surface area contributed by atoms with Crippen LogP contribution in [0.15, 0.2) is 59.7 Å². The lowest BCUT2D eigenvalue weighted by Crippen LogP contribution is -2.38. The third-order valence-corrected chi connectivity index (χ3v) is 6.76. The summed E-state index contributed by atoms with van der Waals surface area (Å²) in [5, 5.41) is 0.614. The number of fused-ring (bicyclic) bond motifs is 1. The summed E-state index contributed by atoms with van der Waals surface area (Å²) in [6, 6.07) is 13.4. The maximum atomic E-state index is 12.5. The van der Waals surface area contributed by atoms with Gasteiger partial charge in [0.15, 0.2) is 11.6 Å². The number of nitrogens with zero attached hydrogens (tertiary/aromatic N) is 4. The summed E-state index contributed by atoms with van der Waals surface area (Å²) in [5.41, 5.74) is 2.72. The highest BCUT2D eigenvalue weighted by Gasteiger charge is 2.11. The average Bonchev–Trinajstić information content (AvgIpc) is 3.15. The second-order valence-corrected chi connectivity index (χ2v) is 9.24. The molecular weight excluding hydrogens is 460 g/mol. The van der Waals surface area contributed by atoms with Gasteiger partial charge in [-0.15, -0.1) is 0 Å². The van der Waals surface area contributed by atoms with Gasteiger partial charge in [-0.1, -0.05) is 41.1 Å². The van der Waals surface area contributed by atoms with Gasteiger partial charge in [0.25, 0.3) is 0 Å². The van der Waals surface area contributed by atoms with Crippen molar-refractivity contribution >= 4 is 33.2 Å². The van der Waals surface area contributed by atoms with E-state index in [0.29, 0.717) is 29.7 Å². The van der Waals surface area contributed by atoms with Crippen molar-refractivity contribution < 1.29 is 9.47 Å². The largest absolute Gasteiger partial charge is 0.489 e. The fourth-order valence-corrected chi connectivity index (χ4v) is 4.87. The van der Waals surface area contributed by atoms with E-state index in [9.17, 15) is 4.79 Å². The number of hydrogen-bond acceptors (Lipinski definition) is 7. The molecule has 7 nitrogen and oxygen atoms in total. The quantitative estimate of drug-likeness (QED) is 0.397. The summed E-state index contributed by atoms with van der Waals surface area (Å²) in [6.45, 7) is 5.34. The van der Waals surface area contributed by atoms with Gasteiger partial charge < -0.3 is 9.47 Å². The van der Waals surface area contributed by atoms with E-state index in [4.69, 9.17) is 21.1 Å². The highest BCUT2D eigenvalue weighted by Crippen LogP contribution is 2.23. The highest BCUT2D eigenvalue weighted by atomic mass is 35.5. The number of hydrogen-bond donors (Lipinski definition) is 0. The molecule has 33 heavy (non-hydrogen) atoms. The molecule has 3 heterocycles. The van der Waals surface area contributed by atoms with Gasteiger partial charge in [0.2, 0.25) is 0 Å². The lowest BCUT2D eigenvalue weighted by Gasteiger charge is -2.26. The first-order valence-electron chi connectivity index (χ1n) is 10.8. The minimum absolute atomic E-state index is 0.00694. The Balaban J connectivity index is 1.27. The van der Waals surface area contributed by atoms with Crippen LogP contribution >= 0.6 is 22.9 Å². The second kappa shape index (κ2) is 10.0. The molecule has 1 aliphatic heterocycles. The van der Waals surface area contributed by atoms with Crippen LogP contribution < -0.4 is 9.61 Å². The van der Waals surface area contributed by atoms with Crippen LogP contribution in [0.3, 0.4) is 0 Å². The van der Waals surface area contributed by atoms with E-state index in [0.717, 1.165) is 54.2 Å². The second-order valence-electron chi connectivity index (χ2n) is 7.81. The molecule has 1 aliphatic rings. The zero-order valence-electron chi connectivity index (χ0n) is 17.9. The Morgan fingerprint density at radius 1 is 1.09 bits per heavy atom. The monoisotopic (exact) mass is 482 g/mol. The number of rotatable bonds is 7. The molecule has 9 heteroatoms. The first-order valence-corrected chi connectivity index (χ1v) is 12.0. The lowest BCUT2D eigenvalue weighted by molar-refractivity contribution is 0.0322. The van der Waals surface area contributed by atoms with Crippen LogP contribution in [-0.2, 0) is 11.3 Å². The molecule has 4 aromatic rings. The van der Waals surface area contributed by atoms with Gasteiger partial charge in [-0.25, -0.2) is 9.97 Å². The van der Waals surface area contributed by atoms with E-state index in [2.05, 4.69) is 14.9 Å². The third kappa shape index (κ3) is 5.25. The minimum atomic E-state index is -0.00694. The van der Waals surface area contributed by atoms with E-state index in [1.165, 1.54) is 11.3 Å². The summed E-state index contributed by atoms with van der Waals surface area (Å²) in [7, 11) is 0. The fraction of sp³-hybridized carbons (Fsp3) is 0.292. The molecular formula is C24H23ClN4O3S. The van der Waals surface area contributed by atoms with E-state index >= 15 is 0 Å². The molecule has 0 spiro atoms. The first-order chi connectivity index (χ1) is 16.2. The van der Waals surface area contributed by atoms with Crippen LogP contribution in [0.5, 0.6) is 5.75 Å². The molecule has 2 aromatic heterocycles. The van der Waals surface area contributed by atoms with Crippen LogP contribution in [0.25, 0.3) is 21.6 Å². The summed E-state index contributed by atoms with van der Waals surface area (Å²) in [6.07, 6.45) is 3.40. The van der Waals surface area contributed by atoms with Gasteiger partial charge in [0, 0.05) is 30.2 Å². The van der Waals surface area contributed by atoms with E-state index in [1.54, 1.807) is 23.0 Å².